The summed E-state index contributed by atoms with van der Waals surface area (Å²) in [6.07, 6.45) is -0.0172. The molecule has 0 aliphatic rings. The highest BCUT2D eigenvalue weighted by Crippen LogP contribution is 2.23. The quantitative estimate of drug-likeness (QED) is 0.871. The maximum absolute atomic E-state index is 13.4. The Hall–Kier alpha value is -2.96. The minimum absolute atomic E-state index is 0.0172. The molecule has 0 saturated carbocycles. The topological polar surface area (TPSA) is 58.6 Å². The number of hydrogen-bond acceptors (Lipinski definition) is 3. The number of nitrogens with zero attached hydrogens (tertiary/aromatic N) is 1. The zero-order chi connectivity index (χ0) is 18.4. The first-order valence-corrected chi connectivity index (χ1v) is 7.58. The van der Waals surface area contributed by atoms with Crippen LogP contribution in [0.4, 0.5) is 20.2 Å². The Morgan fingerprint density at radius 2 is 1.84 bits per heavy atom. The normalized spacial score (nSPS) is 10.2. The van der Waals surface area contributed by atoms with Crippen LogP contribution in [-0.4, -0.2) is 25.5 Å². The molecule has 1 N–H and O–H groups in total. The van der Waals surface area contributed by atoms with Crippen LogP contribution < -0.4 is 15.0 Å². The fourth-order valence-corrected chi connectivity index (χ4v) is 2.30. The molecular weight excluding hydrogens is 330 g/mol. The third kappa shape index (κ3) is 4.76. The number of para-hydroxylation sites is 2. The lowest BCUT2D eigenvalue weighted by molar-refractivity contribution is -0.117. The van der Waals surface area contributed by atoms with Crippen LogP contribution in [-0.2, 0) is 9.59 Å². The predicted octanol–water partition coefficient (Wildman–Crippen LogP) is 3.36. The van der Waals surface area contributed by atoms with Gasteiger partial charge >= 0.3 is 0 Å². The highest BCUT2D eigenvalue weighted by atomic mass is 19.2. The first-order chi connectivity index (χ1) is 11.9. The summed E-state index contributed by atoms with van der Waals surface area (Å²) in [5.74, 6) is -2.25. The van der Waals surface area contributed by atoms with Gasteiger partial charge in [0.05, 0.1) is 12.8 Å². The average molecular weight is 348 g/mol. The van der Waals surface area contributed by atoms with E-state index in [4.69, 9.17) is 4.74 Å². The lowest BCUT2D eigenvalue weighted by Crippen LogP contribution is -2.32. The molecule has 0 unspecified atom stereocenters. The lowest BCUT2D eigenvalue weighted by atomic mass is 10.2. The number of amides is 2. The molecule has 2 aromatic carbocycles. The Morgan fingerprint density at radius 3 is 2.48 bits per heavy atom. The van der Waals surface area contributed by atoms with E-state index in [0.29, 0.717) is 11.4 Å². The van der Waals surface area contributed by atoms with Gasteiger partial charge in [0.2, 0.25) is 11.8 Å². The van der Waals surface area contributed by atoms with Crippen molar-refractivity contribution in [3.8, 4) is 5.75 Å². The monoisotopic (exact) mass is 348 g/mol. The molecule has 5 nitrogen and oxygen atoms in total. The number of carbonyl (C=O) groups excluding carboxylic acids is 2. The number of rotatable bonds is 6. The summed E-state index contributed by atoms with van der Waals surface area (Å²) in [5.41, 5.74) is 0.702. The van der Waals surface area contributed by atoms with E-state index >= 15 is 0 Å². The maximum atomic E-state index is 13.4. The van der Waals surface area contributed by atoms with Gasteiger partial charge in [0, 0.05) is 31.6 Å². The smallest absolute Gasteiger partial charge is 0.226 e. The van der Waals surface area contributed by atoms with Gasteiger partial charge in [-0.15, -0.1) is 0 Å². The van der Waals surface area contributed by atoms with E-state index in [1.54, 1.807) is 24.3 Å². The summed E-state index contributed by atoms with van der Waals surface area (Å²) in [6, 6.07) is 10.1. The molecule has 0 fully saturated rings. The molecule has 0 heterocycles. The molecule has 2 amide bonds. The van der Waals surface area contributed by atoms with E-state index in [0.717, 1.165) is 12.1 Å². The van der Waals surface area contributed by atoms with E-state index in [2.05, 4.69) is 5.32 Å². The van der Waals surface area contributed by atoms with Crippen molar-refractivity contribution in [1.82, 2.24) is 0 Å². The number of nitrogens with one attached hydrogen (secondary N) is 1. The second-order valence-electron chi connectivity index (χ2n) is 5.27. The third-order valence-electron chi connectivity index (χ3n) is 3.54. The number of anilines is 2. The average Bonchev–Trinajstić information content (AvgIpc) is 2.58. The molecule has 0 atom stereocenters. The van der Waals surface area contributed by atoms with Crippen LogP contribution in [0.5, 0.6) is 5.75 Å². The van der Waals surface area contributed by atoms with Crippen LogP contribution in [0.2, 0.25) is 0 Å². The van der Waals surface area contributed by atoms with Gasteiger partial charge in [0.1, 0.15) is 5.75 Å². The Balaban J connectivity index is 2.04. The van der Waals surface area contributed by atoms with Crippen molar-refractivity contribution in [2.24, 2.45) is 0 Å². The second kappa shape index (κ2) is 8.23. The molecule has 132 valence electrons. The van der Waals surface area contributed by atoms with Gasteiger partial charge in [-0.05, 0) is 24.3 Å². The number of halogens is 2. The number of ether oxygens (including phenoxy) is 1. The standard InChI is InChI=1S/C18H18F2N2O3/c1-12(23)22(13-7-8-14(19)15(20)11-13)10-9-18(24)21-16-5-3-4-6-17(16)25-2/h3-8,11H,9-10H2,1-2H3,(H,21,24). The molecule has 0 spiro atoms. The Bertz CT molecular complexity index is 781. The minimum atomic E-state index is -1.05. The van der Waals surface area contributed by atoms with Gasteiger partial charge < -0.3 is 15.0 Å². The van der Waals surface area contributed by atoms with Crippen molar-refractivity contribution in [3.63, 3.8) is 0 Å². The first-order valence-electron chi connectivity index (χ1n) is 7.58. The SMILES string of the molecule is COc1ccccc1NC(=O)CCN(C(C)=O)c1ccc(F)c(F)c1. The first kappa shape index (κ1) is 18.4. The molecule has 0 bridgehead atoms. The highest BCUT2D eigenvalue weighted by Gasteiger charge is 2.16. The fourth-order valence-electron chi connectivity index (χ4n) is 2.30. The van der Waals surface area contributed by atoms with Gasteiger partial charge in [-0.1, -0.05) is 12.1 Å². The van der Waals surface area contributed by atoms with Gasteiger partial charge in [0.15, 0.2) is 11.6 Å². The van der Waals surface area contributed by atoms with Crippen molar-refractivity contribution in [2.75, 3.05) is 23.9 Å². The van der Waals surface area contributed by atoms with Gasteiger partial charge in [-0.2, -0.15) is 0 Å². The maximum Gasteiger partial charge on any atom is 0.226 e. The van der Waals surface area contributed by atoms with Crippen molar-refractivity contribution in [3.05, 3.63) is 54.1 Å². The van der Waals surface area contributed by atoms with Crippen LogP contribution in [0.1, 0.15) is 13.3 Å². The van der Waals surface area contributed by atoms with E-state index in [9.17, 15) is 18.4 Å². The van der Waals surface area contributed by atoms with Gasteiger partial charge in [-0.25, -0.2) is 8.78 Å². The molecular formula is C18H18F2N2O3. The van der Waals surface area contributed by atoms with Crippen molar-refractivity contribution < 1.29 is 23.1 Å². The molecule has 0 radical (unpaired) electrons. The zero-order valence-corrected chi connectivity index (χ0v) is 13.9. The lowest BCUT2D eigenvalue weighted by Gasteiger charge is -2.21. The molecule has 2 aromatic rings. The molecule has 25 heavy (non-hydrogen) atoms. The van der Waals surface area contributed by atoms with Crippen molar-refractivity contribution in [2.45, 2.75) is 13.3 Å². The van der Waals surface area contributed by atoms with Crippen LogP contribution in [0.15, 0.2) is 42.5 Å². The van der Waals surface area contributed by atoms with E-state index < -0.39 is 11.6 Å². The molecule has 0 aliphatic heterocycles. The fraction of sp³-hybridized carbons (Fsp3) is 0.222. The summed E-state index contributed by atoms with van der Waals surface area (Å²) in [5, 5.41) is 2.69. The Kier molecular flexibility index (Phi) is 6.05. The van der Waals surface area contributed by atoms with E-state index in [-0.39, 0.29) is 30.5 Å². The molecule has 0 aliphatic carbocycles. The summed E-state index contributed by atoms with van der Waals surface area (Å²) in [4.78, 5) is 25.1. The Morgan fingerprint density at radius 1 is 1.12 bits per heavy atom. The molecule has 7 heteroatoms. The van der Waals surface area contributed by atoms with Crippen LogP contribution in [0, 0.1) is 11.6 Å². The van der Waals surface area contributed by atoms with E-state index in [1.807, 2.05) is 0 Å². The number of methoxy groups -OCH3 is 1. The van der Waals surface area contributed by atoms with Crippen LogP contribution in [0.3, 0.4) is 0 Å². The van der Waals surface area contributed by atoms with Crippen LogP contribution in [0.25, 0.3) is 0 Å². The Labute approximate surface area is 144 Å². The van der Waals surface area contributed by atoms with Crippen molar-refractivity contribution >= 4 is 23.2 Å². The minimum Gasteiger partial charge on any atom is -0.495 e. The summed E-state index contributed by atoms with van der Waals surface area (Å²) in [6.45, 7) is 1.32. The van der Waals surface area contributed by atoms with Gasteiger partial charge in [0.25, 0.3) is 0 Å². The summed E-state index contributed by atoms with van der Waals surface area (Å²) >= 11 is 0. The molecule has 2 rings (SSSR count). The van der Waals surface area contributed by atoms with Crippen LogP contribution >= 0.6 is 0 Å². The summed E-state index contributed by atoms with van der Waals surface area (Å²) < 4.78 is 31.6. The highest BCUT2D eigenvalue weighted by molar-refractivity contribution is 5.95. The zero-order valence-electron chi connectivity index (χ0n) is 13.9. The molecule has 0 aromatic heterocycles. The van der Waals surface area contributed by atoms with E-state index in [1.165, 1.54) is 25.0 Å². The second-order valence-corrected chi connectivity index (χ2v) is 5.27. The number of hydrogen-bond donors (Lipinski definition) is 1. The van der Waals surface area contributed by atoms with Gasteiger partial charge in [-0.3, -0.25) is 9.59 Å². The largest absolute Gasteiger partial charge is 0.495 e. The predicted molar refractivity (Wildman–Crippen MR) is 90.6 cm³/mol. The summed E-state index contributed by atoms with van der Waals surface area (Å²) in [7, 11) is 1.49. The van der Waals surface area contributed by atoms with Crippen molar-refractivity contribution in [1.29, 1.82) is 0 Å². The number of benzene rings is 2. The third-order valence-corrected chi connectivity index (χ3v) is 3.54. The number of carbonyl (C=O) groups is 2. The molecule has 0 saturated heterocycles.